The molecule has 2 aromatic rings. The van der Waals surface area contributed by atoms with Crippen molar-refractivity contribution in [3.8, 4) is 17.2 Å². The molecule has 0 saturated carbocycles. The summed E-state index contributed by atoms with van der Waals surface area (Å²) in [5.74, 6) is 0.158. The first-order valence-electron chi connectivity index (χ1n) is 7.60. The van der Waals surface area contributed by atoms with Crippen LogP contribution < -0.4 is 14.9 Å². The van der Waals surface area contributed by atoms with Gasteiger partial charge in [-0.15, -0.1) is 0 Å². The van der Waals surface area contributed by atoms with Crippen LogP contribution in [0.2, 0.25) is 0 Å². The molecule has 0 unspecified atom stereocenters. The van der Waals surface area contributed by atoms with Gasteiger partial charge in [-0.3, -0.25) is 4.79 Å². The normalized spacial score (nSPS) is 10.4. The zero-order chi connectivity index (χ0) is 19.1. The zero-order valence-electron chi connectivity index (χ0n) is 14.6. The lowest BCUT2D eigenvalue weighted by molar-refractivity contribution is 0.0954. The molecule has 0 aliphatic rings. The Morgan fingerprint density at radius 3 is 2.58 bits per heavy atom. The summed E-state index contributed by atoms with van der Waals surface area (Å²) >= 11 is 0. The van der Waals surface area contributed by atoms with Crippen LogP contribution in [0.5, 0.6) is 17.2 Å². The quantitative estimate of drug-likeness (QED) is 0.631. The third-order valence-corrected chi connectivity index (χ3v) is 3.24. The van der Waals surface area contributed by atoms with Gasteiger partial charge in [0, 0.05) is 19.7 Å². The van der Waals surface area contributed by atoms with E-state index in [1.54, 1.807) is 44.4 Å². The highest BCUT2D eigenvalue weighted by Gasteiger charge is 2.12. The Kier molecular flexibility index (Phi) is 6.15. The van der Waals surface area contributed by atoms with Crippen LogP contribution in [0, 0.1) is 0 Å². The average Bonchev–Trinajstić information content (AvgIpc) is 2.62. The van der Waals surface area contributed by atoms with E-state index >= 15 is 0 Å². The first-order valence-corrected chi connectivity index (χ1v) is 7.60. The summed E-state index contributed by atoms with van der Waals surface area (Å²) in [4.78, 5) is 24.9. The molecule has 2 amide bonds. The van der Waals surface area contributed by atoms with Crippen LogP contribution in [0.25, 0.3) is 0 Å². The number of carbonyl (C=O) groups excluding carboxylic acids is 2. The summed E-state index contributed by atoms with van der Waals surface area (Å²) in [5, 5.41) is 13.2. The highest BCUT2D eigenvalue weighted by atomic mass is 16.6. The van der Waals surface area contributed by atoms with Crippen LogP contribution in [0.4, 0.5) is 4.79 Å². The highest BCUT2D eigenvalue weighted by molar-refractivity contribution is 5.95. The summed E-state index contributed by atoms with van der Waals surface area (Å²) in [6.07, 6.45) is 0.893. The van der Waals surface area contributed by atoms with Crippen molar-refractivity contribution < 1.29 is 24.2 Å². The van der Waals surface area contributed by atoms with Crippen LogP contribution in [0.1, 0.15) is 15.9 Å². The molecule has 0 radical (unpaired) electrons. The minimum atomic E-state index is -0.525. The van der Waals surface area contributed by atoms with Gasteiger partial charge in [0.05, 0.1) is 13.3 Å². The van der Waals surface area contributed by atoms with Gasteiger partial charge >= 0.3 is 6.09 Å². The Labute approximate surface area is 150 Å². The lowest BCUT2D eigenvalue weighted by Gasteiger charge is -2.13. The van der Waals surface area contributed by atoms with E-state index in [-0.39, 0.29) is 17.1 Å². The molecule has 136 valence electrons. The minimum absolute atomic E-state index is 0.00535. The number of methoxy groups -OCH3 is 1. The van der Waals surface area contributed by atoms with Gasteiger partial charge in [-0.05, 0) is 42.0 Å². The summed E-state index contributed by atoms with van der Waals surface area (Å²) in [6.45, 7) is 0. The van der Waals surface area contributed by atoms with E-state index in [0.29, 0.717) is 11.3 Å². The van der Waals surface area contributed by atoms with E-state index in [9.17, 15) is 14.7 Å². The van der Waals surface area contributed by atoms with E-state index < -0.39 is 12.0 Å². The maximum absolute atomic E-state index is 11.9. The third-order valence-electron chi connectivity index (χ3n) is 3.24. The van der Waals surface area contributed by atoms with Crippen molar-refractivity contribution in [1.29, 1.82) is 0 Å². The van der Waals surface area contributed by atoms with Crippen molar-refractivity contribution >= 4 is 18.2 Å². The van der Waals surface area contributed by atoms with Crippen molar-refractivity contribution in [2.75, 3.05) is 21.2 Å². The molecule has 0 spiro atoms. The zero-order valence-corrected chi connectivity index (χ0v) is 14.6. The molecule has 0 atom stereocenters. The Morgan fingerprint density at radius 2 is 1.92 bits per heavy atom. The summed E-state index contributed by atoms with van der Waals surface area (Å²) < 4.78 is 10.4. The fourth-order valence-corrected chi connectivity index (χ4v) is 1.91. The molecule has 26 heavy (non-hydrogen) atoms. The van der Waals surface area contributed by atoms with E-state index in [2.05, 4.69) is 10.5 Å². The SMILES string of the molecule is COc1cc(/C=N/NC(=O)c2cccc(O)c2)ccc1OC(=O)N(C)C. The van der Waals surface area contributed by atoms with Crippen molar-refractivity contribution in [1.82, 2.24) is 10.3 Å². The fourth-order valence-electron chi connectivity index (χ4n) is 1.91. The second-order valence-corrected chi connectivity index (χ2v) is 5.42. The molecule has 2 aromatic carbocycles. The Morgan fingerprint density at radius 1 is 1.15 bits per heavy atom. The van der Waals surface area contributed by atoms with Gasteiger partial charge in [0.2, 0.25) is 0 Å². The second kappa shape index (κ2) is 8.52. The molecule has 0 aliphatic carbocycles. The van der Waals surface area contributed by atoms with E-state index in [4.69, 9.17) is 9.47 Å². The first-order chi connectivity index (χ1) is 12.4. The number of aromatic hydroxyl groups is 1. The average molecular weight is 357 g/mol. The maximum Gasteiger partial charge on any atom is 0.414 e. The Balaban J connectivity index is 2.06. The third kappa shape index (κ3) is 4.97. The topological polar surface area (TPSA) is 100 Å². The van der Waals surface area contributed by atoms with Crippen LogP contribution >= 0.6 is 0 Å². The number of hydrogen-bond donors (Lipinski definition) is 2. The van der Waals surface area contributed by atoms with Crippen LogP contribution in [0.3, 0.4) is 0 Å². The number of phenols is 1. The molecule has 8 nitrogen and oxygen atoms in total. The predicted octanol–water partition coefficient (Wildman–Crippen LogP) is 2.23. The fraction of sp³-hybridized carbons (Fsp3) is 0.167. The number of phenolic OH excluding ortho intramolecular Hbond substituents is 1. The van der Waals surface area contributed by atoms with E-state index in [1.165, 1.54) is 30.4 Å². The number of ether oxygens (including phenoxy) is 2. The Bertz CT molecular complexity index is 833. The van der Waals surface area contributed by atoms with Gasteiger partial charge in [-0.25, -0.2) is 10.2 Å². The van der Waals surface area contributed by atoms with Gasteiger partial charge in [0.1, 0.15) is 5.75 Å². The second-order valence-electron chi connectivity index (χ2n) is 5.42. The first kappa shape index (κ1) is 18.8. The number of nitrogens with zero attached hydrogens (tertiary/aromatic N) is 2. The molecular formula is C18H19N3O5. The number of amides is 2. The van der Waals surface area contributed by atoms with Crippen molar-refractivity contribution in [3.05, 3.63) is 53.6 Å². The van der Waals surface area contributed by atoms with Gasteiger partial charge in [0.25, 0.3) is 5.91 Å². The van der Waals surface area contributed by atoms with E-state index in [0.717, 1.165) is 0 Å². The molecule has 8 heteroatoms. The van der Waals surface area contributed by atoms with E-state index in [1.807, 2.05) is 0 Å². The van der Waals surface area contributed by atoms with Gasteiger partial charge < -0.3 is 19.5 Å². The number of nitrogens with one attached hydrogen (secondary N) is 1. The van der Waals surface area contributed by atoms with Gasteiger partial charge in [0.15, 0.2) is 11.5 Å². The number of benzene rings is 2. The molecular weight excluding hydrogens is 338 g/mol. The molecule has 0 heterocycles. The summed E-state index contributed by atoms with van der Waals surface area (Å²) in [5.41, 5.74) is 3.27. The van der Waals surface area contributed by atoms with Crippen molar-refractivity contribution in [2.45, 2.75) is 0 Å². The van der Waals surface area contributed by atoms with Gasteiger partial charge in [-0.2, -0.15) is 5.10 Å². The van der Waals surface area contributed by atoms with Crippen molar-refractivity contribution in [3.63, 3.8) is 0 Å². The summed E-state index contributed by atoms with van der Waals surface area (Å²) in [6, 6.07) is 10.8. The molecule has 0 saturated heterocycles. The van der Waals surface area contributed by atoms with Crippen molar-refractivity contribution in [2.24, 2.45) is 5.10 Å². The maximum atomic E-state index is 11.9. The molecule has 2 rings (SSSR count). The lowest BCUT2D eigenvalue weighted by atomic mass is 10.2. The molecule has 0 bridgehead atoms. The molecule has 0 aromatic heterocycles. The number of hydrazone groups is 1. The number of carbonyl (C=O) groups is 2. The highest BCUT2D eigenvalue weighted by Crippen LogP contribution is 2.28. The molecule has 0 aliphatic heterocycles. The lowest BCUT2D eigenvalue weighted by Crippen LogP contribution is -2.25. The monoisotopic (exact) mass is 357 g/mol. The Hall–Kier alpha value is -3.55. The van der Waals surface area contributed by atoms with Crippen LogP contribution in [-0.2, 0) is 0 Å². The molecule has 2 N–H and O–H groups in total. The number of rotatable bonds is 5. The largest absolute Gasteiger partial charge is 0.508 e. The number of hydrogen-bond acceptors (Lipinski definition) is 6. The van der Waals surface area contributed by atoms with Crippen LogP contribution in [0.15, 0.2) is 47.6 Å². The van der Waals surface area contributed by atoms with Crippen LogP contribution in [-0.4, -0.2) is 49.4 Å². The smallest absolute Gasteiger partial charge is 0.414 e. The summed E-state index contributed by atoms with van der Waals surface area (Å²) in [7, 11) is 4.60. The van der Waals surface area contributed by atoms with Gasteiger partial charge in [-0.1, -0.05) is 6.07 Å². The minimum Gasteiger partial charge on any atom is -0.508 e. The molecule has 0 fully saturated rings. The predicted molar refractivity (Wildman–Crippen MR) is 95.9 cm³/mol. The standard InChI is InChI=1S/C18H19N3O5/c1-21(2)18(24)26-15-8-7-12(9-16(15)25-3)11-19-20-17(23)13-5-4-6-14(22)10-13/h4-11,22H,1-3H3,(H,20,23)/b19-11+.